The van der Waals surface area contributed by atoms with Gasteiger partial charge in [-0.05, 0) is 29.0 Å². The van der Waals surface area contributed by atoms with E-state index in [1.54, 1.807) is 6.20 Å². The number of hydrogen-bond acceptors (Lipinski definition) is 3. The Hall–Kier alpha value is -1.81. The minimum atomic E-state index is -0.0669. The Kier molecular flexibility index (Phi) is 4.36. The Morgan fingerprint density at radius 2 is 1.94 bits per heavy atom. The fourth-order valence-electron chi connectivity index (χ4n) is 1.62. The van der Waals surface area contributed by atoms with Crippen LogP contribution in [0.2, 0.25) is 0 Å². The maximum absolute atomic E-state index is 11.5. The second-order valence-electron chi connectivity index (χ2n) is 3.82. The molecule has 92 valence electrons. The molecule has 0 aliphatic carbocycles. The zero-order chi connectivity index (χ0) is 12.8. The molecule has 0 saturated heterocycles. The number of pyridine rings is 1. The molecule has 0 spiro atoms. The molecule has 2 rings (SSSR count). The van der Waals surface area contributed by atoms with Crippen molar-refractivity contribution < 1.29 is 4.79 Å². The fourth-order valence-corrected chi connectivity index (χ4v) is 1.82. The lowest BCUT2D eigenvalue weighted by atomic mass is 10.1. The van der Waals surface area contributed by atoms with Crippen LogP contribution in [0.4, 0.5) is 5.82 Å². The van der Waals surface area contributed by atoms with E-state index in [0.29, 0.717) is 18.0 Å². The highest BCUT2D eigenvalue weighted by Crippen LogP contribution is 2.20. The Morgan fingerprint density at radius 1 is 1.17 bits per heavy atom. The van der Waals surface area contributed by atoms with E-state index in [1.807, 2.05) is 42.5 Å². The molecule has 0 aliphatic rings. The van der Waals surface area contributed by atoms with Gasteiger partial charge < -0.3 is 5.32 Å². The molecule has 0 unspecified atom stereocenters. The van der Waals surface area contributed by atoms with Crippen molar-refractivity contribution in [1.82, 2.24) is 4.98 Å². The van der Waals surface area contributed by atoms with E-state index >= 15 is 0 Å². The number of aromatic nitrogens is 1. The molecule has 0 aliphatic heterocycles. The molecule has 1 aromatic carbocycles. The van der Waals surface area contributed by atoms with Gasteiger partial charge in [-0.1, -0.05) is 30.3 Å². The van der Waals surface area contributed by atoms with Gasteiger partial charge in [0.1, 0.15) is 5.82 Å². The molecule has 1 aromatic heterocycles. The first-order valence-corrected chi connectivity index (χ1v) is 6.35. The smallest absolute Gasteiger partial charge is 0.226 e. The summed E-state index contributed by atoms with van der Waals surface area (Å²) in [6.45, 7) is 0. The van der Waals surface area contributed by atoms with E-state index in [-0.39, 0.29) is 5.91 Å². The average molecular weight is 258 g/mol. The lowest BCUT2D eigenvalue weighted by molar-refractivity contribution is -0.115. The third kappa shape index (κ3) is 3.34. The Morgan fingerprint density at radius 3 is 2.67 bits per heavy atom. The molecule has 0 bridgehead atoms. The summed E-state index contributed by atoms with van der Waals surface area (Å²) in [7, 11) is 0. The van der Waals surface area contributed by atoms with Gasteiger partial charge in [-0.2, -0.15) is 12.6 Å². The highest BCUT2D eigenvalue weighted by Gasteiger charge is 2.03. The third-order valence-corrected chi connectivity index (χ3v) is 2.70. The molecular weight excluding hydrogens is 244 g/mol. The number of nitrogens with one attached hydrogen (secondary N) is 1. The van der Waals surface area contributed by atoms with Crippen molar-refractivity contribution >= 4 is 24.4 Å². The predicted octanol–water partition coefficient (Wildman–Crippen LogP) is 3.01. The van der Waals surface area contributed by atoms with Crippen molar-refractivity contribution in [2.45, 2.75) is 6.42 Å². The second-order valence-corrected chi connectivity index (χ2v) is 4.26. The second kappa shape index (κ2) is 6.21. The lowest BCUT2D eigenvalue weighted by Crippen LogP contribution is -2.12. The van der Waals surface area contributed by atoms with Crippen molar-refractivity contribution in [3.63, 3.8) is 0 Å². The van der Waals surface area contributed by atoms with Crippen molar-refractivity contribution in [2.24, 2.45) is 0 Å². The van der Waals surface area contributed by atoms with Crippen LogP contribution in [0.5, 0.6) is 0 Å². The molecule has 0 radical (unpaired) electrons. The van der Waals surface area contributed by atoms with E-state index in [4.69, 9.17) is 0 Å². The first-order valence-electron chi connectivity index (χ1n) is 5.72. The first-order chi connectivity index (χ1) is 8.79. The highest BCUT2D eigenvalue weighted by molar-refractivity contribution is 7.80. The number of benzene rings is 1. The van der Waals surface area contributed by atoms with E-state index in [9.17, 15) is 4.79 Å². The van der Waals surface area contributed by atoms with Gasteiger partial charge in [0.2, 0.25) is 5.91 Å². The van der Waals surface area contributed by atoms with Crippen LogP contribution in [0.1, 0.15) is 6.42 Å². The molecular formula is C14H14N2OS. The number of thiol groups is 1. The number of hydrogen-bond donors (Lipinski definition) is 2. The molecule has 1 amide bonds. The lowest BCUT2D eigenvalue weighted by Gasteiger charge is -2.06. The van der Waals surface area contributed by atoms with Crippen molar-refractivity contribution in [2.75, 3.05) is 11.1 Å². The summed E-state index contributed by atoms with van der Waals surface area (Å²) in [6, 6.07) is 13.8. The van der Waals surface area contributed by atoms with Crippen LogP contribution >= 0.6 is 12.6 Å². The summed E-state index contributed by atoms with van der Waals surface area (Å²) < 4.78 is 0. The molecule has 0 atom stereocenters. The molecule has 2 aromatic rings. The average Bonchev–Trinajstić information content (AvgIpc) is 2.40. The fraction of sp³-hybridized carbons (Fsp3) is 0.143. The number of nitrogens with zero attached hydrogens (tertiary/aromatic N) is 1. The standard InChI is InChI=1S/C14H14N2OS/c17-14(7-9-18)16-13-10-12(6-8-15-13)11-4-2-1-3-5-11/h1-6,8,10,18H,7,9H2,(H,15,16,17). The highest BCUT2D eigenvalue weighted by atomic mass is 32.1. The first kappa shape index (κ1) is 12.6. The molecule has 3 nitrogen and oxygen atoms in total. The van der Waals surface area contributed by atoms with Crippen LogP contribution in [-0.4, -0.2) is 16.6 Å². The summed E-state index contributed by atoms with van der Waals surface area (Å²) in [5, 5.41) is 2.75. The number of anilines is 1. The largest absolute Gasteiger partial charge is 0.311 e. The molecule has 1 N–H and O–H groups in total. The van der Waals surface area contributed by atoms with E-state index in [1.165, 1.54) is 0 Å². The summed E-state index contributed by atoms with van der Waals surface area (Å²) in [5.41, 5.74) is 2.14. The van der Waals surface area contributed by atoms with Gasteiger partial charge >= 0.3 is 0 Å². The van der Waals surface area contributed by atoms with Crippen LogP contribution in [-0.2, 0) is 4.79 Å². The number of carbonyl (C=O) groups excluding carboxylic acids is 1. The monoisotopic (exact) mass is 258 g/mol. The van der Waals surface area contributed by atoms with E-state index < -0.39 is 0 Å². The molecule has 0 saturated carbocycles. The van der Waals surface area contributed by atoms with E-state index in [2.05, 4.69) is 22.9 Å². The van der Waals surface area contributed by atoms with Gasteiger partial charge in [0.25, 0.3) is 0 Å². The maximum Gasteiger partial charge on any atom is 0.226 e. The summed E-state index contributed by atoms with van der Waals surface area (Å²) in [5.74, 6) is 1.04. The van der Waals surface area contributed by atoms with Gasteiger partial charge in [0, 0.05) is 12.6 Å². The van der Waals surface area contributed by atoms with Crippen LogP contribution in [0.3, 0.4) is 0 Å². The molecule has 1 heterocycles. The zero-order valence-electron chi connectivity index (χ0n) is 9.84. The molecule has 18 heavy (non-hydrogen) atoms. The number of amides is 1. The Bertz CT molecular complexity index is 528. The zero-order valence-corrected chi connectivity index (χ0v) is 10.7. The van der Waals surface area contributed by atoms with Crippen LogP contribution < -0.4 is 5.32 Å². The van der Waals surface area contributed by atoms with Crippen LogP contribution in [0, 0.1) is 0 Å². The quantitative estimate of drug-likeness (QED) is 0.828. The number of carbonyl (C=O) groups is 1. The van der Waals surface area contributed by atoms with E-state index in [0.717, 1.165) is 11.1 Å². The number of rotatable bonds is 4. The topological polar surface area (TPSA) is 42.0 Å². The van der Waals surface area contributed by atoms with Gasteiger partial charge in [0.05, 0.1) is 0 Å². The van der Waals surface area contributed by atoms with Gasteiger partial charge in [0.15, 0.2) is 0 Å². The summed E-state index contributed by atoms with van der Waals surface area (Å²) in [4.78, 5) is 15.6. The van der Waals surface area contributed by atoms with Crippen molar-refractivity contribution in [1.29, 1.82) is 0 Å². The summed E-state index contributed by atoms with van der Waals surface area (Å²) >= 11 is 4.02. The maximum atomic E-state index is 11.5. The Labute approximate surface area is 112 Å². The van der Waals surface area contributed by atoms with Gasteiger partial charge in [-0.25, -0.2) is 4.98 Å². The minimum absolute atomic E-state index is 0.0669. The van der Waals surface area contributed by atoms with Crippen molar-refractivity contribution in [3.8, 4) is 11.1 Å². The van der Waals surface area contributed by atoms with Crippen molar-refractivity contribution in [3.05, 3.63) is 48.7 Å². The normalized spacial score (nSPS) is 10.1. The minimum Gasteiger partial charge on any atom is -0.311 e. The SMILES string of the molecule is O=C(CCS)Nc1cc(-c2ccccc2)ccn1. The van der Waals surface area contributed by atoms with Crippen LogP contribution in [0.15, 0.2) is 48.7 Å². The van der Waals surface area contributed by atoms with Gasteiger partial charge in [-0.3, -0.25) is 4.79 Å². The molecule has 4 heteroatoms. The Balaban J connectivity index is 2.18. The van der Waals surface area contributed by atoms with Gasteiger partial charge in [-0.15, -0.1) is 0 Å². The third-order valence-electron chi connectivity index (χ3n) is 2.47. The summed E-state index contributed by atoms with van der Waals surface area (Å²) in [6.07, 6.45) is 2.08. The predicted molar refractivity (Wildman–Crippen MR) is 76.8 cm³/mol. The van der Waals surface area contributed by atoms with Crippen LogP contribution in [0.25, 0.3) is 11.1 Å². The molecule has 0 fully saturated rings.